The van der Waals surface area contributed by atoms with E-state index in [-0.39, 0.29) is 0 Å². The monoisotopic (exact) mass is 293 g/mol. The zero-order valence-corrected chi connectivity index (χ0v) is 13.1. The molecule has 22 heavy (non-hydrogen) atoms. The molecule has 0 saturated heterocycles. The van der Waals surface area contributed by atoms with Crippen LogP contribution in [0.2, 0.25) is 0 Å². The Morgan fingerprint density at radius 2 is 1.86 bits per heavy atom. The Kier molecular flexibility index (Phi) is 3.92. The maximum atomic E-state index is 5.58. The summed E-state index contributed by atoms with van der Waals surface area (Å²) in [6, 6.07) is 16.1. The molecular formula is C18H19N3O. The van der Waals surface area contributed by atoms with E-state index in [0.717, 1.165) is 34.0 Å². The van der Waals surface area contributed by atoms with E-state index in [9.17, 15) is 0 Å². The summed E-state index contributed by atoms with van der Waals surface area (Å²) >= 11 is 0. The summed E-state index contributed by atoms with van der Waals surface area (Å²) in [5, 5.41) is 1.04. The standard InChI is InChI=1S/C18H19N3O/c1-4-22-15-9-7-8-14(12-15)21(3)18-16-10-5-6-11-17(16)19-13(2)20-18/h5-12H,4H2,1-3H3. The molecule has 4 heteroatoms. The maximum Gasteiger partial charge on any atom is 0.144 e. The molecule has 0 aliphatic carbocycles. The fraction of sp³-hybridized carbons (Fsp3) is 0.222. The molecule has 0 aliphatic heterocycles. The largest absolute Gasteiger partial charge is 0.494 e. The Bertz CT molecular complexity index is 801. The number of rotatable bonds is 4. The third kappa shape index (κ3) is 2.72. The molecule has 0 aliphatic rings. The molecule has 4 nitrogen and oxygen atoms in total. The summed E-state index contributed by atoms with van der Waals surface area (Å²) in [6.07, 6.45) is 0. The Hall–Kier alpha value is -2.62. The molecule has 0 radical (unpaired) electrons. The first-order valence-corrected chi connectivity index (χ1v) is 7.39. The molecule has 2 aromatic carbocycles. The highest BCUT2D eigenvalue weighted by molar-refractivity contribution is 5.91. The van der Waals surface area contributed by atoms with E-state index >= 15 is 0 Å². The van der Waals surface area contributed by atoms with E-state index in [0.29, 0.717) is 6.61 Å². The van der Waals surface area contributed by atoms with Gasteiger partial charge >= 0.3 is 0 Å². The summed E-state index contributed by atoms with van der Waals surface area (Å²) in [5.41, 5.74) is 1.99. The minimum absolute atomic E-state index is 0.655. The number of aromatic nitrogens is 2. The van der Waals surface area contributed by atoms with Crippen LogP contribution in [0.1, 0.15) is 12.7 Å². The summed E-state index contributed by atoms with van der Waals surface area (Å²) in [5.74, 6) is 2.53. The van der Waals surface area contributed by atoms with Gasteiger partial charge in [-0.05, 0) is 38.1 Å². The molecule has 0 saturated carbocycles. The molecule has 0 bridgehead atoms. The third-order valence-electron chi connectivity index (χ3n) is 3.53. The highest BCUT2D eigenvalue weighted by Crippen LogP contribution is 2.30. The number of hydrogen-bond donors (Lipinski definition) is 0. The molecule has 0 unspecified atom stereocenters. The Labute approximate surface area is 130 Å². The SMILES string of the molecule is CCOc1cccc(N(C)c2nc(C)nc3ccccc23)c1. The molecule has 3 aromatic rings. The van der Waals surface area contributed by atoms with E-state index in [1.807, 2.05) is 63.4 Å². The molecule has 1 heterocycles. The van der Waals surface area contributed by atoms with Crippen LogP contribution in [0.15, 0.2) is 48.5 Å². The second-order valence-electron chi connectivity index (χ2n) is 5.10. The van der Waals surface area contributed by atoms with Gasteiger partial charge in [-0.15, -0.1) is 0 Å². The molecule has 0 N–H and O–H groups in total. The normalized spacial score (nSPS) is 10.7. The molecule has 3 rings (SSSR count). The van der Waals surface area contributed by atoms with Gasteiger partial charge in [-0.3, -0.25) is 0 Å². The second-order valence-corrected chi connectivity index (χ2v) is 5.10. The van der Waals surface area contributed by atoms with Crippen LogP contribution in [0, 0.1) is 6.92 Å². The average Bonchev–Trinajstić information content (AvgIpc) is 2.54. The highest BCUT2D eigenvalue weighted by atomic mass is 16.5. The minimum atomic E-state index is 0.655. The molecule has 112 valence electrons. The van der Waals surface area contributed by atoms with Crippen LogP contribution in [0.25, 0.3) is 10.9 Å². The summed E-state index contributed by atoms with van der Waals surface area (Å²) in [7, 11) is 2.01. The van der Waals surface area contributed by atoms with Crippen molar-refractivity contribution in [1.29, 1.82) is 0 Å². The van der Waals surface area contributed by atoms with Gasteiger partial charge in [0.05, 0.1) is 12.1 Å². The van der Waals surface area contributed by atoms with Gasteiger partial charge in [-0.2, -0.15) is 0 Å². The third-order valence-corrected chi connectivity index (χ3v) is 3.53. The van der Waals surface area contributed by atoms with Crippen LogP contribution in [-0.2, 0) is 0 Å². The summed E-state index contributed by atoms with van der Waals surface area (Å²) in [6.45, 7) is 4.56. The van der Waals surface area contributed by atoms with Gasteiger partial charge < -0.3 is 9.64 Å². The van der Waals surface area contributed by atoms with E-state index in [1.54, 1.807) is 0 Å². The first-order chi connectivity index (χ1) is 10.7. The number of nitrogens with zero attached hydrogens (tertiary/aromatic N) is 3. The average molecular weight is 293 g/mol. The summed E-state index contributed by atoms with van der Waals surface area (Å²) < 4.78 is 5.58. The predicted molar refractivity (Wildman–Crippen MR) is 89.9 cm³/mol. The molecule has 0 atom stereocenters. The Morgan fingerprint density at radius 1 is 1.05 bits per heavy atom. The first kappa shape index (κ1) is 14.3. The fourth-order valence-electron chi connectivity index (χ4n) is 2.50. The van der Waals surface area contributed by atoms with E-state index in [4.69, 9.17) is 4.74 Å². The van der Waals surface area contributed by atoms with E-state index < -0.39 is 0 Å². The quantitative estimate of drug-likeness (QED) is 0.725. The van der Waals surface area contributed by atoms with Gasteiger partial charge in [0.1, 0.15) is 17.4 Å². The minimum Gasteiger partial charge on any atom is -0.494 e. The highest BCUT2D eigenvalue weighted by Gasteiger charge is 2.12. The lowest BCUT2D eigenvalue weighted by Crippen LogP contribution is -2.13. The van der Waals surface area contributed by atoms with Crippen LogP contribution in [0.4, 0.5) is 11.5 Å². The molecule has 0 amide bonds. The fourth-order valence-corrected chi connectivity index (χ4v) is 2.50. The molecule has 0 spiro atoms. The van der Waals surface area contributed by atoms with Crippen LogP contribution < -0.4 is 9.64 Å². The second kappa shape index (κ2) is 6.02. The number of para-hydroxylation sites is 1. The summed E-state index contributed by atoms with van der Waals surface area (Å²) in [4.78, 5) is 11.2. The van der Waals surface area contributed by atoms with Crippen molar-refractivity contribution in [1.82, 2.24) is 9.97 Å². The molecule has 1 aromatic heterocycles. The first-order valence-electron chi connectivity index (χ1n) is 7.39. The lowest BCUT2D eigenvalue weighted by Gasteiger charge is -2.21. The van der Waals surface area contributed by atoms with Crippen LogP contribution in [-0.4, -0.2) is 23.6 Å². The van der Waals surface area contributed by atoms with Crippen LogP contribution in [0.5, 0.6) is 5.75 Å². The van der Waals surface area contributed by atoms with Crippen molar-refractivity contribution in [3.8, 4) is 5.75 Å². The number of ether oxygens (including phenoxy) is 1. The van der Waals surface area contributed by atoms with Gasteiger partial charge in [-0.25, -0.2) is 9.97 Å². The van der Waals surface area contributed by atoms with Crippen molar-refractivity contribution in [2.45, 2.75) is 13.8 Å². The van der Waals surface area contributed by atoms with Crippen molar-refractivity contribution >= 4 is 22.4 Å². The van der Waals surface area contributed by atoms with Crippen molar-refractivity contribution < 1.29 is 4.74 Å². The number of benzene rings is 2. The van der Waals surface area contributed by atoms with E-state index in [2.05, 4.69) is 20.9 Å². The van der Waals surface area contributed by atoms with Gasteiger partial charge in [0.2, 0.25) is 0 Å². The molecular weight excluding hydrogens is 274 g/mol. The van der Waals surface area contributed by atoms with Crippen molar-refractivity contribution in [2.24, 2.45) is 0 Å². The Balaban J connectivity index is 2.08. The molecule has 0 fully saturated rings. The van der Waals surface area contributed by atoms with Gasteiger partial charge in [-0.1, -0.05) is 18.2 Å². The van der Waals surface area contributed by atoms with Gasteiger partial charge in [0.25, 0.3) is 0 Å². The number of aryl methyl sites for hydroxylation is 1. The van der Waals surface area contributed by atoms with Crippen LogP contribution in [0.3, 0.4) is 0 Å². The number of fused-ring (bicyclic) bond motifs is 1. The van der Waals surface area contributed by atoms with Crippen molar-refractivity contribution in [3.63, 3.8) is 0 Å². The smallest absolute Gasteiger partial charge is 0.144 e. The zero-order valence-electron chi connectivity index (χ0n) is 13.1. The number of hydrogen-bond acceptors (Lipinski definition) is 4. The van der Waals surface area contributed by atoms with Crippen molar-refractivity contribution in [3.05, 3.63) is 54.4 Å². The predicted octanol–water partition coefficient (Wildman–Crippen LogP) is 4.10. The lowest BCUT2D eigenvalue weighted by atomic mass is 10.2. The van der Waals surface area contributed by atoms with Gasteiger partial charge in [0.15, 0.2) is 0 Å². The topological polar surface area (TPSA) is 38.2 Å². The van der Waals surface area contributed by atoms with Gasteiger partial charge in [0, 0.05) is 24.2 Å². The van der Waals surface area contributed by atoms with E-state index in [1.165, 1.54) is 0 Å². The van der Waals surface area contributed by atoms with Crippen LogP contribution >= 0.6 is 0 Å². The zero-order chi connectivity index (χ0) is 15.5. The lowest BCUT2D eigenvalue weighted by molar-refractivity contribution is 0.340. The van der Waals surface area contributed by atoms with Crippen molar-refractivity contribution in [2.75, 3.05) is 18.6 Å². The number of anilines is 2. The Morgan fingerprint density at radius 3 is 2.68 bits per heavy atom. The maximum absolute atomic E-state index is 5.58.